The monoisotopic (exact) mass is 357 g/mol. The Morgan fingerprint density at radius 1 is 1.27 bits per heavy atom. The molecule has 0 N–H and O–H groups in total. The third-order valence-corrected chi connectivity index (χ3v) is 4.34. The first-order valence-electron chi connectivity index (χ1n) is 8.17. The summed E-state index contributed by atoms with van der Waals surface area (Å²) in [5.74, 6) is -0.407. The van der Waals surface area contributed by atoms with Gasteiger partial charge in [0, 0.05) is 25.0 Å². The van der Waals surface area contributed by atoms with E-state index in [4.69, 9.17) is 9.26 Å². The van der Waals surface area contributed by atoms with Gasteiger partial charge in [0.1, 0.15) is 11.9 Å². The van der Waals surface area contributed by atoms with Crippen molar-refractivity contribution < 1.29 is 18.4 Å². The largest absolute Gasteiger partial charge is 0.374 e. The lowest BCUT2D eigenvalue weighted by atomic mass is 10.1. The lowest BCUT2D eigenvalue weighted by molar-refractivity contribution is -0.0601. The standard InChI is InChI=1S/C17H16FN5O3/c1-9-15(16-21-10(2)22-26-16)23(5-6-25-9)17(24)11-7-13-14(8-12(11)18)20-4-3-19-13/h3-4,7-9,15H,5-6H2,1-2H3/t9-,15+/m1/s1. The zero-order valence-corrected chi connectivity index (χ0v) is 14.2. The summed E-state index contributed by atoms with van der Waals surface area (Å²) in [7, 11) is 0. The number of benzene rings is 1. The maximum absolute atomic E-state index is 14.6. The number of carbonyl (C=O) groups excluding carboxylic acids is 1. The van der Waals surface area contributed by atoms with Crippen LogP contribution in [0.5, 0.6) is 0 Å². The maximum atomic E-state index is 14.6. The van der Waals surface area contributed by atoms with Crippen molar-refractivity contribution >= 4 is 16.9 Å². The van der Waals surface area contributed by atoms with Gasteiger partial charge in [0.25, 0.3) is 11.8 Å². The molecule has 4 rings (SSSR count). The Morgan fingerprint density at radius 3 is 2.69 bits per heavy atom. The van der Waals surface area contributed by atoms with Crippen LogP contribution in [0.25, 0.3) is 11.0 Å². The van der Waals surface area contributed by atoms with Crippen LogP contribution in [0.1, 0.15) is 35.0 Å². The van der Waals surface area contributed by atoms with Crippen molar-refractivity contribution in [2.24, 2.45) is 0 Å². The quantitative estimate of drug-likeness (QED) is 0.693. The van der Waals surface area contributed by atoms with Gasteiger partial charge < -0.3 is 14.2 Å². The highest BCUT2D eigenvalue weighted by Crippen LogP contribution is 2.30. The van der Waals surface area contributed by atoms with Crippen molar-refractivity contribution in [3.63, 3.8) is 0 Å². The number of morpholine rings is 1. The molecule has 1 aliphatic rings. The number of aromatic nitrogens is 4. The van der Waals surface area contributed by atoms with Crippen LogP contribution in [-0.2, 0) is 4.74 Å². The van der Waals surface area contributed by atoms with E-state index in [0.29, 0.717) is 23.5 Å². The van der Waals surface area contributed by atoms with Crippen molar-refractivity contribution in [3.05, 3.63) is 47.6 Å². The predicted octanol–water partition coefficient (Wildman–Crippen LogP) is 2.06. The Labute approximate surface area is 148 Å². The first-order chi connectivity index (χ1) is 12.5. The summed E-state index contributed by atoms with van der Waals surface area (Å²) < 4.78 is 25.4. The third kappa shape index (κ3) is 2.80. The van der Waals surface area contributed by atoms with E-state index in [0.717, 1.165) is 0 Å². The van der Waals surface area contributed by atoms with Crippen molar-refractivity contribution in [1.29, 1.82) is 0 Å². The topological polar surface area (TPSA) is 94.2 Å². The van der Waals surface area contributed by atoms with Gasteiger partial charge in [-0.25, -0.2) is 4.39 Å². The van der Waals surface area contributed by atoms with Crippen LogP contribution >= 0.6 is 0 Å². The summed E-state index contributed by atoms with van der Waals surface area (Å²) in [4.78, 5) is 27.0. The number of halogens is 1. The highest BCUT2D eigenvalue weighted by atomic mass is 19.1. The van der Waals surface area contributed by atoms with Gasteiger partial charge in [-0.2, -0.15) is 4.98 Å². The van der Waals surface area contributed by atoms with Crippen LogP contribution in [0.15, 0.2) is 29.0 Å². The van der Waals surface area contributed by atoms with Crippen LogP contribution in [-0.4, -0.2) is 50.2 Å². The zero-order chi connectivity index (χ0) is 18.3. The Morgan fingerprint density at radius 2 is 2.00 bits per heavy atom. The molecule has 1 fully saturated rings. The van der Waals surface area contributed by atoms with Crippen LogP contribution in [0.2, 0.25) is 0 Å². The molecule has 0 radical (unpaired) electrons. The number of ether oxygens (including phenoxy) is 1. The second-order valence-electron chi connectivity index (χ2n) is 6.08. The van der Waals surface area contributed by atoms with E-state index in [1.807, 2.05) is 6.92 Å². The molecule has 1 amide bonds. The van der Waals surface area contributed by atoms with Crippen molar-refractivity contribution in [1.82, 2.24) is 25.0 Å². The van der Waals surface area contributed by atoms with Gasteiger partial charge in [-0.1, -0.05) is 5.16 Å². The van der Waals surface area contributed by atoms with Gasteiger partial charge in [-0.15, -0.1) is 0 Å². The molecule has 26 heavy (non-hydrogen) atoms. The third-order valence-electron chi connectivity index (χ3n) is 4.34. The number of carbonyl (C=O) groups is 1. The van der Waals surface area contributed by atoms with Crippen LogP contribution in [0, 0.1) is 12.7 Å². The van der Waals surface area contributed by atoms with Crippen molar-refractivity contribution in [2.45, 2.75) is 26.0 Å². The zero-order valence-electron chi connectivity index (χ0n) is 14.2. The number of hydrogen-bond donors (Lipinski definition) is 0. The number of hydrogen-bond acceptors (Lipinski definition) is 7. The molecule has 0 spiro atoms. The Bertz CT molecular complexity index is 976. The molecule has 8 nitrogen and oxygen atoms in total. The minimum atomic E-state index is -0.650. The van der Waals surface area contributed by atoms with E-state index >= 15 is 0 Å². The summed E-state index contributed by atoms with van der Waals surface area (Å²) in [6, 6.07) is 2.04. The van der Waals surface area contributed by atoms with Gasteiger partial charge in [0.05, 0.1) is 29.3 Å². The minimum Gasteiger partial charge on any atom is -0.374 e. The molecule has 3 aromatic rings. The van der Waals surface area contributed by atoms with Gasteiger partial charge in [-0.3, -0.25) is 14.8 Å². The molecular weight excluding hydrogens is 341 g/mol. The average Bonchev–Trinajstić information content (AvgIpc) is 3.06. The molecule has 9 heteroatoms. The number of aryl methyl sites for hydroxylation is 1. The Balaban J connectivity index is 1.75. The summed E-state index contributed by atoms with van der Waals surface area (Å²) in [5.41, 5.74) is 0.762. The number of nitrogens with zero attached hydrogens (tertiary/aromatic N) is 5. The van der Waals surface area contributed by atoms with E-state index in [1.54, 1.807) is 6.92 Å². The molecule has 2 atom stereocenters. The second-order valence-corrected chi connectivity index (χ2v) is 6.08. The van der Waals surface area contributed by atoms with Gasteiger partial charge in [0.2, 0.25) is 0 Å². The first-order valence-corrected chi connectivity index (χ1v) is 8.17. The SMILES string of the molecule is Cc1noc([C@@H]2[C@@H](C)OCCN2C(=O)c2cc3nccnc3cc2F)n1. The highest BCUT2D eigenvalue weighted by molar-refractivity contribution is 5.97. The molecule has 0 saturated carbocycles. The van der Waals surface area contributed by atoms with Gasteiger partial charge in [-0.05, 0) is 19.9 Å². The fourth-order valence-electron chi connectivity index (χ4n) is 3.12. The average molecular weight is 357 g/mol. The summed E-state index contributed by atoms with van der Waals surface area (Å²) in [5, 5.41) is 3.78. The molecule has 134 valence electrons. The normalized spacial score (nSPS) is 20.5. The van der Waals surface area contributed by atoms with Crippen LogP contribution in [0.3, 0.4) is 0 Å². The van der Waals surface area contributed by atoms with Gasteiger partial charge in [0.15, 0.2) is 5.82 Å². The summed E-state index contributed by atoms with van der Waals surface area (Å²) in [6.07, 6.45) is 2.60. The number of rotatable bonds is 2. The highest BCUT2D eigenvalue weighted by Gasteiger charge is 2.38. The summed E-state index contributed by atoms with van der Waals surface area (Å²) >= 11 is 0. The fraction of sp³-hybridized carbons (Fsp3) is 0.353. The molecule has 2 aromatic heterocycles. The minimum absolute atomic E-state index is 0.0756. The molecule has 0 bridgehead atoms. The van der Waals surface area contributed by atoms with Crippen molar-refractivity contribution in [2.75, 3.05) is 13.2 Å². The first kappa shape index (κ1) is 16.5. The second kappa shape index (κ2) is 6.41. The van der Waals surface area contributed by atoms with E-state index in [2.05, 4.69) is 20.1 Å². The Hall–Kier alpha value is -2.94. The Kier molecular flexibility index (Phi) is 4.08. The maximum Gasteiger partial charge on any atom is 0.257 e. The van der Waals surface area contributed by atoms with Crippen molar-refractivity contribution in [3.8, 4) is 0 Å². The van der Waals surface area contributed by atoms with Crippen LogP contribution in [0.4, 0.5) is 4.39 Å². The molecule has 1 aromatic carbocycles. The predicted molar refractivity (Wildman–Crippen MR) is 87.7 cm³/mol. The molecule has 3 heterocycles. The van der Waals surface area contributed by atoms with Gasteiger partial charge >= 0.3 is 0 Å². The molecule has 0 unspecified atom stereocenters. The van der Waals surface area contributed by atoms with E-state index in [9.17, 15) is 9.18 Å². The molecular formula is C17H16FN5O3. The molecule has 0 aliphatic carbocycles. The molecule has 1 aliphatic heterocycles. The van der Waals surface area contributed by atoms with E-state index < -0.39 is 17.8 Å². The number of fused-ring (bicyclic) bond motifs is 1. The lowest BCUT2D eigenvalue weighted by Crippen LogP contribution is -2.47. The van der Waals surface area contributed by atoms with E-state index in [-0.39, 0.29) is 24.1 Å². The summed E-state index contributed by atoms with van der Waals surface area (Å²) in [6.45, 7) is 4.12. The smallest absolute Gasteiger partial charge is 0.257 e. The fourth-order valence-corrected chi connectivity index (χ4v) is 3.12. The number of amides is 1. The van der Waals surface area contributed by atoms with Crippen LogP contribution < -0.4 is 0 Å². The lowest BCUT2D eigenvalue weighted by Gasteiger charge is -2.37. The van der Waals surface area contributed by atoms with E-state index in [1.165, 1.54) is 29.4 Å². The molecule has 1 saturated heterocycles.